The number of unbranched alkanes of at least 4 members (excludes halogenated alkanes) is 33. The Morgan fingerprint density at radius 3 is 1.32 bits per heavy atom. The summed E-state index contributed by atoms with van der Waals surface area (Å²) in [6.07, 6.45) is 42.5. The minimum absolute atomic E-state index is 0.249. The van der Waals surface area contributed by atoms with Gasteiger partial charge >= 0.3 is 0 Å². The van der Waals surface area contributed by atoms with Crippen molar-refractivity contribution in [1.82, 2.24) is 5.32 Å². The Balaban J connectivity index is 1.58. The Bertz CT molecular complexity index is 1410. The van der Waals surface area contributed by atoms with Gasteiger partial charge in [-0.1, -0.05) is 230 Å². The SMILES string of the molecule is CCCCC/C=C/CC/C=C/C(O)C(COC1OC(CO)C(OC2OC(CO)C(O)C(O)C2O)C(O)C1O)NC(=O)CCCCCCCCCCCCCCCCCCCCCCC/C=C\CCCCCCCCCC. The molecule has 2 aliphatic heterocycles. The molecule has 2 aliphatic rings. The Labute approximate surface area is 461 Å². The van der Waals surface area contributed by atoms with Gasteiger partial charge in [0.25, 0.3) is 0 Å². The van der Waals surface area contributed by atoms with Gasteiger partial charge in [0.15, 0.2) is 12.6 Å². The Morgan fingerprint density at radius 1 is 0.461 bits per heavy atom. The number of carbonyl (C=O) groups excluding carboxylic acids is 1. The molecule has 0 saturated carbocycles. The van der Waals surface area contributed by atoms with Crippen molar-refractivity contribution in [3.05, 3.63) is 36.5 Å². The summed E-state index contributed by atoms with van der Waals surface area (Å²) in [6.45, 7) is 2.73. The van der Waals surface area contributed by atoms with E-state index in [1.807, 2.05) is 6.08 Å². The van der Waals surface area contributed by atoms with Gasteiger partial charge in [0.2, 0.25) is 5.91 Å². The average Bonchev–Trinajstić information content (AvgIpc) is 3.42. The molecule has 0 aromatic carbocycles. The lowest BCUT2D eigenvalue weighted by molar-refractivity contribution is -0.359. The molecule has 0 aliphatic carbocycles. The van der Waals surface area contributed by atoms with Crippen LogP contribution in [0.2, 0.25) is 0 Å². The fourth-order valence-electron chi connectivity index (χ4n) is 10.2. The number of aliphatic hydroxyl groups excluding tert-OH is 8. The van der Waals surface area contributed by atoms with E-state index in [9.17, 15) is 45.6 Å². The molecule has 2 heterocycles. The summed E-state index contributed by atoms with van der Waals surface area (Å²) >= 11 is 0. The van der Waals surface area contributed by atoms with Crippen LogP contribution in [0.3, 0.4) is 0 Å². The van der Waals surface area contributed by atoms with Gasteiger partial charge in [0.1, 0.15) is 48.8 Å². The fourth-order valence-corrected chi connectivity index (χ4v) is 10.2. The second-order valence-corrected chi connectivity index (χ2v) is 22.2. The zero-order valence-electron chi connectivity index (χ0n) is 48.0. The summed E-state index contributed by atoms with van der Waals surface area (Å²) in [5.41, 5.74) is 0. The van der Waals surface area contributed by atoms with Gasteiger partial charge in [-0.05, 0) is 57.8 Å². The van der Waals surface area contributed by atoms with Crippen LogP contribution in [0.1, 0.15) is 258 Å². The molecule has 0 aromatic rings. The highest BCUT2D eigenvalue weighted by atomic mass is 16.7. The van der Waals surface area contributed by atoms with E-state index < -0.39 is 86.8 Å². The van der Waals surface area contributed by atoms with Gasteiger partial charge in [-0.3, -0.25) is 4.79 Å². The molecule has 0 bridgehead atoms. The number of hydrogen-bond donors (Lipinski definition) is 9. The van der Waals surface area contributed by atoms with Crippen molar-refractivity contribution in [2.24, 2.45) is 0 Å². The maximum Gasteiger partial charge on any atom is 0.220 e. The molecule has 14 nitrogen and oxygen atoms in total. The van der Waals surface area contributed by atoms with E-state index in [2.05, 4.69) is 43.5 Å². The second kappa shape index (κ2) is 48.0. The highest BCUT2D eigenvalue weighted by molar-refractivity contribution is 5.76. The first-order valence-electron chi connectivity index (χ1n) is 31.2. The summed E-state index contributed by atoms with van der Waals surface area (Å²) in [7, 11) is 0. The molecular formula is C62H115NO13. The lowest BCUT2D eigenvalue weighted by atomic mass is 9.97. The largest absolute Gasteiger partial charge is 0.394 e. The fraction of sp³-hybridized carbons (Fsp3) is 0.887. The highest BCUT2D eigenvalue weighted by Crippen LogP contribution is 2.30. The van der Waals surface area contributed by atoms with Crippen molar-refractivity contribution in [3.63, 3.8) is 0 Å². The van der Waals surface area contributed by atoms with E-state index >= 15 is 0 Å². The monoisotopic (exact) mass is 1080 g/mol. The van der Waals surface area contributed by atoms with Gasteiger partial charge in [-0.25, -0.2) is 0 Å². The molecule has 2 saturated heterocycles. The first-order valence-corrected chi connectivity index (χ1v) is 31.2. The predicted molar refractivity (Wildman–Crippen MR) is 305 cm³/mol. The third-order valence-electron chi connectivity index (χ3n) is 15.3. The van der Waals surface area contributed by atoms with Gasteiger partial charge in [0.05, 0.1) is 32.0 Å². The first kappa shape index (κ1) is 70.3. The van der Waals surface area contributed by atoms with Crippen molar-refractivity contribution in [2.45, 2.75) is 331 Å². The third-order valence-corrected chi connectivity index (χ3v) is 15.3. The molecule has 76 heavy (non-hydrogen) atoms. The molecule has 2 fully saturated rings. The van der Waals surface area contributed by atoms with E-state index in [1.54, 1.807) is 6.08 Å². The molecule has 0 spiro atoms. The smallest absolute Gasteiger partial charge is 0.220 e. The molecular weight excluding hydrogens is 967 g/mol. The number of amides is 1. The molecule has 12 atom stereocenters. The van der Waals surface area contributed by atoms with Crippen LogP contribution in [-0.4, -0.2) is 140 Å². The lowest BCUT2D eigenvalue weighted by Gasteiger charge is -2.46. The average molecular weight is 1080 g/mol. The van der Waals surface area contributed by atoms with Crippen molar-refractivity contribution in [1.29, 1.82) is 0 Å². The number of nitrogens with one attached hydrogen (secondary N) is 1. The van der Waals surface area contributed by atoms with Crippen LogP contribution in [-0.2, 0) is 23.7 Å². The van der Waals surface area contributed by atoms with Crippen molar-refractivity contribution < 1.29 is 64.6 Å². The minimum atomic E-state index is -1.79. The quantitative estimate of drug-likeness (QED) is 0.0204. The van der Waals surface area contributed by atoms with E-state index in [-0.39, 0.29) is 18.9 Å². The maximum atomic E-state index is 13.2. The van der Waals surface area contributed by atoms with Crippen LogP contribution in [0.5, 0.6) is 0 Å². The van der Waals surface area contributed by atoms with Crippen LogP contribution < -0.4 is 5.32 Å². The number of carbonyl (C=O) groups is 1. The highest BCUT2D eigenvalue weighted by Gasteiger charge is 2.51. The van der Waals surface area contributed by atoms with E-state index in [4.69, 9.17) is 18.9 Å². The van der Waals surface area contributed by atoms with Gasteiger partial charge in [-0.15, -0.1) is 0 Å². The van der Waals surface area contributed by atoms with Crippen LogP contribution >= 0.6 is 0 Å². The van der Waals surface area contributed by atoms with Crippen molar-refractivity contribution >= 4 is 5.91 Å². The number of rotatable bonds is 50. The zero-order chi connectivity index (χ0) is 55.3. The summed E-state index contributed by atoms with van der Waals surface area (Å²) in [5.74, 6) is -0.249. The summed E-state index contributed by atoms with van der Waals surface area (Å²) in [6, 6.07) is -0.927. The molecule has 2 rings (SSSR count). The normalized spacial score (nSPS) is 25.1. The van der Waals surface area contributed by atoms with Crippen molar-refractivity contribution in [2.75, 3.05) is 19.8 Å². The third kappa shape index (κ3) is 33.1. The Morgan fingerprint density at radius 2 is 0.842 bits per heavy atom. The minimum Gasteiger partial charge on any atom is -0.394 e. The number of aliphatic hydroxyl groups is 8. The first-order chi connectivity index (χ1) is 37.1. The molecule has 12 unspecified atom stereocenters. The molecule has 14 heteroatoms. The summed E-state index contributed by atoms with van der Waals surface area (Å²) in [5, 5.41) is 86.8. The van der Waals surface area contributed by atoms with Gasteiger partial charge in [-0.2, -0.15) is 0 Å². The van der Waals surface area contributed by atoms with Crippen LogP contribution in [0, 0.1) is 0 Å². The van der Waals surface area contributed by atoms with Gasteiger partial charge < -0.3 is 65.1 Å². The maximum absolute atomic E-state index is 13.2. The lowest BCUT2D eigenvalue weighted by Crippen LogP contribution is -2.65. The molecule has 1 amide bonds. The topological polar surface area (TPSA) is 228 Å². The summed E-state index contributed by atoms with van der Waals surface area (Å²) in [4.78, 5) is 13.2. The van der Waals surface area contributed by atoms with Crippen LogP contribution in [0.15, 0.2) is 36.5 Å². The molecule has 446 valence electrons. The van der Waals surface area contributed by atoms with Crippen LogP contribution in [0.4, 0.5) is 0 Å². The zero-order valence-corrected chi connectivity index (χ0v) is 48.0. The predicted octanol–water partition coefficient (Wildman–Crippen LogP) is 11.0. The van der Waals surface area contributed by atoms with E-state index in [0.29, 0.717) is 12.8 Å². The van der Waals surface area contributed by atoms with E-state index in [0.717, 1.165) is 38.5 Å². The van der Waals surface area contributed by atoms with Gasteiger partial charge in [0, 0.05) is 6.42 Å². The Hall–Kier alpha value is -1.79. The molecule has 0 aromatic heterocycles. The number of ether oxygens (including phenoxy) is 4. The standard InChI is InChI=1S/C62H115NO13/c1-3-5-7-9-11-13-14-15-16-17-18-19-20-21-22-23-24-25-26-27-28-29-30-31-32-33-34-35-36-38-40-42-44-46-54(67)63-50(51(66)45-43-41-39-37-12-10-8-6-4-2)49-73-61-59(72)57(70)60(53(48-65)75-61)76-62-58(71)56(69)55(68)52(47-64)74-62/h12,17-18,37,43,45,50-53,55-62,64-66,68-72H,3-11,13-16,19-36,38-42,44,46-49H2,1-2H3,(H,63,67)/b18-17-,37-12+,45-43+. The van der Waals surface area contributed by atoms with Crippen molar-refractivity contribution in [3.8, 4) is 0 Å². The molecule has 9 N–H and O–H groups in total. The van der Waals surface area contributed by atoms with E-state index in [1.165, 1.54) is 186 Å². The number of hydrogen-bond acceptors (Lipinski definition) is 13. The van der Waals surface area contributed by atoms with Crippen LogP contribution in [0.25, 0.3) is 0 Å². The summed E-state index contributed by atoms with van der Waals surface area (Å²) < 4.78 is 22.7. The molecule has 0 radical (unpaired) electrons. The Kier molecular flexibility index (Phi) is 44.4. The number of allylic oxidation sites excluding steroid dienone is 5. The second-order valence-electron chi connectivity index (χ2n) is 22.2.